The Kier molecular flexibility index (Phi) is 7.92. The van der Waals surface area contributed by atoms with Crippen LogP contribution in [-0.4, -0.2) is 33.9 Å². The van der Waals surface area contributed by atoms with Crippen molar-refractivity contribution in [2.45, 2.75) is 52.1 Å². The van der Waals surface area contributed by atoms with Crippen LogP contribution in [0.5, 0.6) is 0 Å². The quantitative estimate of drug-likeness (QED) is 0.713. The van der Waals surface area contributed by atoms with Gasteiger partial charge in [0, 0.05) is 24.9 Å². The number of carbonyl (C=O) groups excluding carboxylic acids is 2. The van der Waals surface area contributed by atoms with E-state index in [4.69, 9.17) is 0 Å². The molecule has 0 aliphatic rings. The van der Waals surface area contributed by atoms with Crippen LogP contribution in [0, 0.1) is 5.92 Å². The molecule has 2 amide bonds. The van der Waals surface area contributed by atoms with Gasteiger partial charge in [0.25, 0.3) is 5.91 Å². The highest BCUT2D eigenvalue weighted by Crippen LogP contribution is 2.10. The number of aromatic nitrogens is 2. The van der Waals surface area contributed by atoms with E-state index in [2.05, 4.69) is 41.4 Å². The van der Waals surface area contributed by atoms with Gasteiger partial charge in [0.15, 0.2) is 0 Å². The number of nitrogens with one attached hydrogen (secondary N) is 2. The molecule has 0 aliphatic carbocycles. The number of amides is 2. The van der Waals surface area contributed by atoms with Crippen molar-refractivity contribution >= 4 is 11.8 Å². The van der Waals surface area contributed by atoms with Crippen LogP contribution in [0.3, 0.4) is 0 Å². The lowest BCUT2D eigenvalue weighted by molar-refractivity contribution is -0.123. The van der Waals surface area contributed by atoms with Crippen LogP contribution in [0.25, 0.3) is 0 Å². The number of rotatable bonds is 9. The van der Waals surface area contributed by atoms with Crippen molar-refractivity contribution in [2.24, 2.45) is 5.92 Å². The Morgan fingerprint density at radius 3 is 2.41 bits per heavy atom. The van der Waals surface area contributed by atoms with Crippen LogP contribution in [0.15, 0.2) is 48.9 Å². The summed E-state index contributed by atoms with van der Waals surface area (Å²) in [6.07, 6.45) is 6.51. The van der Waals surface area contributed by atoms with Crippen molar-refractivity contribution in [2.75, 3.05) is 0 Å². The van der Waals surface area contributed by atoms with Gasteiger partial charge >= 0.3 is 0 Å². The van der Waals surface area contributed by atoms with E-state index >= 15 is 0 Å². The SMILES string of the molecule is CC[C@H](CC(C)C)NC(=O)[C@H](Cc1ccccc1)NC(=O)c1cnccn1. The van der Waals surface area contributed by atoms with E-state index in [9.17, 15) is 9.59 Å². The van der Waals surface area contributed by atoms with Crippen molar-refractivity contribution < 1.29 is 9.59 Å². The van der Waals surface area contributed by atoms with Crippen LogP contribution in [-0.2, 0) is 11.2 Å². The van der Waals surface area contributed by atoms with Crippen LogP contribution in [0.1, 0.15) is 49.7 Å². The first-order valence-electron chi connectivity index (χ1n) is 9.40. The predicted octanol–water partition coefficient (Wildman–Crippen LogP) is 2.76. The van der Waals surface area contributed by atoms with E-state index in [1.807, 2.05) is 30.3 Å². The molecule has 27 heavy (non-hydrogen) atoms. The molecule has 0 spiro atoms. The van der Waals surface area contributed by atoms with Gasteiger partial charge in [-0.1, -0.05) is 51.1 Å². The monoisotopic (exact) mass is 368 g/mol. The first kappa shape index (κ1) is 20.6. The lowest BCUT2D eigenvalue weighted by Gasteiger charge is -2.24. The molecule has 1 aromatic heterocycles. The molecule has 0 radical (unpaired) electrons. The van der Waals surface area contributed by atoms with Crippen LogP contribution < -0.4 is 10.6 Å². The fourth-order valence-electron chi connectivity index (χ4n) is 2.91. The molecule has 2 rings (SSSR count). The second kappa shape index (κ2) is 10.4. The normalized spacial score (nSPS) is 13.0. The maximum Gasteiger partial charge on any atom is 0.272 e. The molecule has 144 valence electrons. The van der Waals surface area contributed by atoms with Gasteiger partial charge < -0.3 is 10.6 Å². The molecule has 0 bridgehead atoms. The highest BCUT2D eigenvalue weighted by molar-refractivity contribution is 5.96. The summed E-state index contributed by atoms with van der Waals surface area (Å²) in [5.41, 5.74) is 1.17. The number of carbonyl (C=O) groups is 2. The highest BCUT2D eigenvalue weighted by atomic mass is 16.2. The van der Waals surface area contributed by atoms with Gasteiger partial charge in [0.1, 0.15) is 11.7 Å². The van der Waals surface area contributed by atoms with Gasteiger partial charge in [-0.25, -0.2) is 4.98 Å². The standard InChI is InChI=1S/C21H28N4O2/c1-4-17(12-15(2)3)24-20(26)18(13-16-8-6-5-7-9-16)25-21(27)19-14-22-10-11-23-19/h5-11,14-15,17-18H,4,12-13H2,1-3H3,(H,24,26)(H,25,27)/t17-,18+/m1/s1. The third kappa shape index (κ3) is 6.81. The maximum absolute atomic E-state index is 12.9. The fraction of sp³-hybridized carbons (Fsp3) is 0.429. The lowest BCUT2D eigenvalue weighted by atomic mass is 10.00. The van der Waals surface area contributed by atoms with Gasteiger partial charge in [-0.05, 0) is 24.3 Å². The molecule has 0 saturated carbocycles. The molecule has 0 aliphatic heterocycles. The molecule has 6 heteroatoms. The van der Waals surface area contributed by atoms with Crippen molar-refractivity contribution in [1.82, 2.24) is 20.6 Å². The summed E-state index contributed by atoms with van der Waals surface area (Å²) in [6, 6.07) is 9.06. The summed E-state index contributed by atoms with van der Waals surface area (Å²) in [7, 11) is 0. The Labute approximate surface area is 160 Å². The lowest BCUT2D eigenvalue weighted by Crippen LogP contribution is -2.51. The van der Waals surface area contributed by atoms with E-state index < -0.39 is 11.9 Å². The Morgan fingerprint density at radius 2 is 1.81 bits per heavy atom. The zero-order valence-corrected chi connectivity index (χ0v) is 16.2. The van der Waals surface area contributed by atoms with Crippen LogP contribution >= 0.6 is 0 Å². The minimum atomic E-state index is -0.678. The highest BCUT2D eigenvalue weighted by Gasteiger charge is 2.24. The number of nitrogens with zero attached hydrogens (tertiary/aromatic N) is 2. The molecule has 0 fully saturated rings. The molecule has 0 unspecified atom stereocenters. The van der Waals surface area contributed by atoms with Gasteiger partial charge in [-0.2, -0.15) is 0 Å². The van der Waals surface area contributed by atoms with Crippen LogP contribution in [0.4, 0.5) is 0 Å². The van der Waals surface area contributed by atoms with E-state index in [0.29, 0.717) is 12.3 Å². The summed E-state index contributed by atoms with van der Waals surface area (Å²) >= 11 is 0. The van der Waals surface area contributed by atoms with Gasteiger partial charge in [-0.3, -0.25) is 14.6 Å². The number of hydrogen-bond donors (Lipinski definition) is 2. The summed E-state index contributed by atoms with van der Waals surface area (Å²) in [4.78, 5) is 33.3. The average Bonchev–Trinajstić information content (AvgIpc) is 2.68. The average molecular weight is 368 g/mol. The van der Waals surface area contributed by atoms with E-state index in [0.717, 1.165) is 18.4 Å². The van der Waals surface area contributed by atoms with Crippen molar-refractivity contribution in [3.8, 4) is 0 Å². The summed E-state index contributed by atoms with van der Waals surface area (Å²) in [5, 5.41) is 5.90. The third-order valence-electron chi connectivity index (χ3n) is 4.30. The molecule has 2 aromatic rings. The minimum Gasteiger partial charge on any atom is -0.352 e. The van der Waals surface area contributed by atoms with Gasteiger partial charge in [0.05, 0.1) is 6.20 Å². The van der Waals surface area contributed by atoms with Crippen molar-refractivity contribution in [3.05, 3.63) is 60.2 Å². The Bertz CT molecular complexity index is 719. The fourth-order valence-corrected chi connectivity index (χ4v) is 2.91. The second-order valence-corrected chi connectivity index (χ2v) is 7.05. The Balaban J connectivity index is 2.13. The van der Waals surface area contributed by atoms with Crippen LogP contribution in [0.2, 0.25) is 0 Å². The molecular weight excluding hydrogens is 340 g/mol. The largest absolute Gasteiger partial charge is 0.352 e. The topological polar surface area (TPSA) is 84.0 Å². The third-order valence-corrected chi connectivity index (χ3v) is 4.30. The van der Waals surface area contributed by atoms with E-state index in [1.54, 1.807) is 0 Å². The molecule has 6 nitrogen and oxygen atoms in total. The molecular formula is C21H28N4O2. The summed E-state index contributed by atoms with van der Waals surface area (Å²) in [5.74, 6) is -0.100. The van der Waals surface area contributed by atoms with Gasteiger partial charge in [0.2, 0.25) is 5.91 Å². The van der Waals surface area contributed by atoms with Gasteiger partial charge in [-0.15, -0.1) is 0 Å². The first-order chi connectivity index (χ1) is 13.0. The molecule has 0 saturated heterocycles. The molecule has 2 N–H and O–H groups in total. The minimum absolute atomic E-state index is 0.0872. The Morgan fingerprint density at radius 1 is 1.07 bits per heavy atom. The smallest absolute Gasteiger partial charge is 0.272 e. The summed E-state index contributed by atoms with van der Waals surface area (Å²) < 4.78 is 0. The van der Waals surface area contributed by atoms with Crippen molar-refractivity contribution in [1.29, 1.82) is 0 Å². The second-order valence-electron chi connectivity index (χ2n) is 7.05. The molecule has 2 atom stereocenters. The molecule has 1 heterocycles. The van der Waals surface area contributed by atoms with Crippen molar-refractivity contribution in [3.63, 3.8) is 0 Å². The predicted molar refractivity (Wildman–Crippen MR) is 105 cm³/mol. The number of benzene rings is 1. The zero-order valence-electron chi connectivity index (χ0n) is 16.2. The van der Waals surface area contributed by atoms with E-state index in [-0.39, 0.29) is 17.6 Å². The molecule has 1 aromatic carbocycles. The zero-order chi connectivity index (χ0) is 19.6. The Hall–Kier alpha value is -2.76. The number of hydrogen-bond acceptors (Lipinski definition) is 4. The first-order valence-corrected chi connectivity index (χ1v) is 9.40. The maximum atomic E-state index is 12.9. The summed E-state index contributed by atoms with van der Waals surface area (Å²) in [6.45, 7) is 6.32. The van der Waals surface area contributed by atoms with E-state index in [1.165, 1.54) is 18.6 Å².